The average Bonchev–Trinajstić information content (AvgIpc) is 3.39. The van der Waals surface area contributed by atoms with Gasteiger partial charge in [0.2, 0.25) is 5.13 Å². The largest absolute Gasteiger partial charge is 0.448 e. The summed E-state index contributed by atoms with van der Waals surface area (Å²) in [5, 5.41) is 9.64. The molecule has 2 N–H and O–H groups in total. The van der Waals surface area contributed by atoms with Gasteiger partial charge in [0, 0.05) is 12.0 Å². The Labute approximate surface area is 200 Å². The number of carbonyl (C=O) groups excluding carboxylic acids is 2. The number of nitrogens with zero attached hydrogens (tertiary/aromatic N) is 2. The minimum atomic E-state index is -0.625. The number of hydrogen-bond acceptors (Lipinski definition) is 6. The molecule has 0 atom stereocenters. The highest BCUT2D eigenvalue weighted by atomic mass is 32.1. The summed E-state index contributed by atoms with van der Waals surface area (Å²) in [4.78, 5) is 27.6. The third kappa shape index (κ3) is 4.43. The summed E-state index contributed by atoms with van der Waals surface area (Å²) >= 11 is 6.19. The molecule has 0 radical (unpaired) electrons. The number of nitrogens with one attached hydrogen (secondary N) is 2. The third-order valence-corrected chi connectivity index (χ3v) is 7.35. The Hall–Kier alpha value is -3.04. The van der Waals surface area contributed by atoms with E-state index in [0.29, 0.717) is 9.09 Å². The Morgan fingerprint density at radius 1 is 1.06 bits per heavy atom. The normalized spacial score (nSPS) is 15.5. The molecule has 3 amide bonds. The summed E-state index contributed by atoms with van der Waals surface area (Å²) in [6, 6.07) is 15.6. The number of hydrogen-bond donors (Lipinski definition) is 2. The van der Waals surface area contributed by atoms with Crippen LogP contribution < -0.4 is 5.32 Å². The van der Waals surface area contributed by atoms with Crippen LogP contribution in [0.2, 0.25) is 0 Å². The Morgan fingerprint density at radius 3 is 2.30 bits per heavy atom. The smallest absolute Gasteiger partial charge is 0.418 e. The zero-order valence-electron chi connectivity index (χ0n) is 18.0. The summed E-state index contributed by atoms with van der Waals surface area (Å²) in [6.07, 6.45) is 3.98. The van der Waals surface area contributed by atoms with Crippen molar-refractivity contribution in [3.63, 3.8) is 0 Å². The Kier molecular flexibility index (Phi) is 6.24. The second-order valence-electron chi connectivity index (χ2n) is 8.31. The van der Waals surface area contributed by atoms with E-state index in [0.717, 1.165) is 65.7 Å². The minimum Gasteiger partial charge on any atom is -0.448 e. The van der Waals surface area contributed by atoms with E-state index in [-0.39, 0.29) is 18.6 Å². The number of amides is 3. The lowest BCUT2D eigenvalue weighted by molar-refractivity contribution is 0.0907. The van der Waals surface area contributed by atoms with Crippen molar-refractivity contribution in [2.75, 3.05) is 11.9 Å². The number of ether oxygens (including phenoxy) is 1. The summed E-state index contributed by atoms with van der Waals surface area (Å²) in [5.74, 6) is -0.0612. The van der Waals surface area contributed by atoms with Gasteiger partial charge in [-0.15, -0.1) is 5.10 Å². The molecule has 170 valence electrons. The molecule has 0 saturated heterocycles. The van der Waals surface area contributed by atoms with E-state index < -0.39 is 12.1 Å². The van der Waals surface area contributed by atoms with E-state index in [9.17, 15) is 9.59 Å². The second-order valence-corrected chi connectivity index (χ2v) is 9.98. The van der Waals surface area contributed by atoms with Crippen LogP contribution in [0, 0.1) is 3.95 Å². The van der Waals surface area contributed by atoms with Crippen molar-refractivity contribution < 1.29 is 14.3 Å². The van der Waals surface area contributed by atoms with Gasteiger partial charge in [0.1, 0.15) is 6.61 Å². The number of anilines is 1. The van der Waals surface area contributed by atoms with Gasteiger partial charge in [-0.25, -0.2) is 14.5 Å². The quantitative estimate of drug-likeness (QED) is 0.427. The molecule has 3 aromatic rings. The van der Waals surface area contributed by atoms with E-state index in [1.165, 1.54) is 4.90 Å². The molecule has 2 aliphatic carbocycles. The van der Waals surface area contributed by atoms with Gasteiger partial charge in [0.15, 0.2) is 3.95 Å². The average molecular weight is 481 g/mol. The Balaban J connectivity index is 1.35. The summed E-state index contributed by atoms with van der Waals surface area (Å²) in [6.45, 7) is 0.171. The highest BCUT2D eigenvalue weighted by Gasteiger charge is 2.35. The molecular weight excluding hydrogens is 456 g/mol. The first-order valence-corrected chi connectivity index (χ1v) is 12.3. The van der Waals surface area contributed by atoms with Gasteiger partial charge >= 0.3 is 12.1 Å². The first-order valence-electron chi connectivity index (χ1n) is 11.1. The molecule has 1 heterocycles. The van der Waals surface area contributed by atoms with Crippen LogP contribution in [-0.4, -0.2) is 39.9 Å². The van der Waals surface area contributed by atoms with Crippen molar-refractivity contribution in [1.82, 2.24) is 15.1 Å². The van der Waals surface area contributed by atoms with Gasteiger partial charge in [-0.2, -0.15) is 0 Å². The van der Waals surface area contributed by atoms with Crippen molar-refractivity contribution in [3.8, 4) is 11.1 Å². The van der Waals surface area contributed by atoms with Crippen LogP contribution in [0.4, 0.5) is 14.7 Å². The number of aromatic nitrogens is 2. The lowest BCUT2D eigenvalue weighted by atomic mass is 9.94. The van der Waals surface area contributed by atoms with Crippen LogP contribution in [0.15, 0.2) is 48.5 Å². The van der Waals surface area contributed by atoms with Crippen LogP contribution in [0.1, 0.15) is 49.1 Å². The predicted molar refractivity (Wildman–Crippen MR) is 130 cm³/mol. The fourth-order valence-electron chi connectivity index (χ4n) is 4.84. The third-order valence-electron chi connectivity index (χ3n) is 6.34. The zero-order valence-corrected chi connectivity index (χ0v) is 19.6. The highest BCUT2D eigenvalue weighted by Crippen LogP contribution is 2.44. The van der Waals surface area contributed by atoms with Crippen molar-refractivity contribution >= 4 is 40.8 Å². The molecule has 0 aliphatic heterocycles. The molecule has 5 rings (SSSR count). The molecule has 0 spiro atoms. The molecule has 7 nitrogen and oxygen atoms in total. The van der Waals surface area contributed by atoms with Crippen LogP contribution >= 0.6 is 23.6 Å². The van der Waals surface area contributed by atoms with E-state index in [2.05, 4.69) is 39.8 Å². The molecular formula is C24H24N4O3S2. The van der Waals surface area contributed by atoms with Crippen LogP contribution in [0.25, 0.3) is 11.1 Å². The number of carbonyl (C=O) groups is 2. The van der Waals surface area contributed by atoms with Gasteiger partial charge in [-0.05, 0) is 47.3 Å². The standard InChI is InChI=1S/C24H24N4O3S2/c29-22(25-21-26-27-23(32)33-21)28(15-8-2-1-3-9-15)24(30)31-14-20-18-12-6-4-10-16(18)17-11-5-7-13-19(17)20/h4-7,10-13,15,20H,1-3,8-9,14H2,(H,27,32)(H,25,26,29). The fourth-order valence-corrected chi connectivity index (χ4v) is 5.61. The minimum absolute atomic E-state index is 0.0612. The second kappa shape index (κ2) is 9.44. The van der Waals surface area contributed by atoms with Crippen molar-refractivity contribution in [2.24, 2.45) is 0 Å². The maximum absolute atomic E-state index is 13.3. The molecule has 0 unspecified atom stereocenters. The van der Waals surface area contributed by atoms with Gasteiger partial charge < -0.3 is 4.74 Å². The number of aromatic amines is 1. The summed E-state index contributed by atoms with van der Waals surface area (Å²) in [7, 11) is 0. The summed E-state index contributed by atoms with van der Waals surface area (Å²) < 4.78 is 6.25. The lowest BCUT2D eigenvalue weighted by Crippen LogP contribution is -2.48. The first kappa shape index (κ1) is 21.8. The number of benzene rings is 2. The predicted octanol–water partition coefficient (Wildman–Crippen LogP) is 6.32. The number of urea groups is 1. The van der Waals surface area contributed by atoms with Crippen LogP contribution in [0.3, 0.4) is 0 Å². The van der Waals surface area contributed by atoms with E-state index in [4.69, 9.17) is 17.0 Å². The Bertz CT molecular complexity index is 1190. The lowest BCUT2D eigenvalue weighted by Gasteiger charge is -2.32. The van der Waals surface area contributed by atoms with Gasteiger partial charge in [-0.1, -0.05) is 79.1 Å². The number of fused-ring (bicyclic) bond motifs is 3. The van der Waals surface area contributed by atoms with Gasteiger partial charge in [-0.3, -0.25) is 10.4 Å². The summed E-state index contributed by atoms with van der Waals surface area (Å²) in [5.41, 5.74) is 4.60. The van der Waals surface area contributed by atoms with Gasteiger partial charge in [0.25, 0.3) is 0 Å². The van der Waals surface area contributed by atoms with E-state index in [1.54, 1.807) is 0 Å². The first-order chi connectivity index (χ1) is 16.1. The molecule has 1 saturated carbocycles. The maximum Gasteiger partial charge on any atom is 0.418 e. The number of rotatable bonds is 4. The van der Waals surface area contributed by atoms with Crippen molar-refractivity contribution in [3.05, 3.63) is 63.6 Å². The SMILES string of the molecule is O=C(Nc1n[nH]c(=S)s1)N(C(=O)OCC1c2ccccc2-c2ccccc21)C1CCCCC1. The number of imide groups is 1. The maximum atomic E-state index is 13.3. The van der Waals surface area contributed by atoms with Crippen molar-refractivity contribution in [2.45, 2.75) is 44.1 Å². The molecule has 33 heavy (non-hydrogen) atoms. The molecule has 1 fully saturated rings. The molecule has 1 aromatic heterocycles. The van der Waals surface area contributed by atoms with E-state index in [1.807, 2.05) is 24.3 Å². The zero-order chi connectivity index (χ0) is 22.8. The van der Waals surface area contributed by atoms with E-state index >= 15 is 0 Å². The molecule has 2 aromatic carbocycles. The molecule has 2 aliphatic rings. The topological polar surface area (TPSA) is 87.3 Å². The monoisotopic (exact) mass is 480 g/mol. The highest BCUT2D eigenvalue weighted by molar-refractivity contribution is 7.73. The molecule has 0 bridgehead atoms. The van der Waals surface area contributed by atoms with Gasteiger partial charge in [0.05, 0.1) is 0 Å². The Morgan fingerprint density at radius 2 is 1.70 bits per heavy atom. The fraction of sp³-hybridized carbons (Fsp3) is 0.333. The van der Waals surface area contributed by atoms with Crippen molar-refractivity contribution in [1.29, 1.82) is 0 Å². The number of H-pyrrole nitrogens is 1. The van der Waals surface area contributed by atoms with Crippen LogP contribution in [-0.2, 0) is 4.74 Å². The van der Waals surface area contributed by atoms with Crippen LogP contribution in [0.5, 0.6) is 0 Å². The molecule has 9 heteroatoms.